The van der Waals surface area contributed by atoms with E-state index in [1.54, 1.807) is 0 Å². The van der Waals surface area contributed by atoms with Crippen LogP contribution in [0.3, 0.4) is 0 Å². The topological polar surface area (TPSA) is 32.3 Å². The monoisotopic (exact) mass is 234 g/mol. The van der Waals surface area contributed by atoms with Crippen LogP contribution >= 0.6 is 0 Å². The van der Waals surface area contributed by atoms with Gasteiger partial charge in [-0.2, -0.15) is 0 Å². The summed E-state index contributed by atoms with van der Waals surface area (Å²) in [4.78, 5) is 14.7. The van der Waals surface area contributed by atoms with Crippen molar-refractivity contribution in [2.45, 2.75) is 32.2 Å². The lowest BCUT2D eigenvalue weighted by Gasteiger charge is -2.29. The van der Waals surface area contributed by atoms with E-state index in [1.807, 2.05) is 0 Å². The second-order valence-electron chi connectivity index (χ2n) is 5.79. The van der Waals surface area contributed by atoms with Gasteiger partial charge in [-0.15, -0.1) is 0 Å². The van der Waals surface area contributed by atoms with Gasteiger partial charge in [0.1, 0.15) is 0 Å². The van der Waals surface area contributed by atoms with Gasteiger partial charge >= 0.3 is 0 Å². The van der Waals surface area contributed by atoms with Crippen LogP contribution in [0.4, 0.5) is 0 Å². The summed E-state index contributed by atoms with van der Waals surface area (Å²) in [6.07, 6.45) is 7.46. The smallest absolute Gasteiger partial charge is 0.226 e. The van der Waals surface area contributed by atoms with Crippen LogP contribution in [0.15, 0.2) is 12.2 Å². The normalized spacial score (nSPS) is 40.6. The SMILES string of the molecule is CC1C2CNCC2CN1C(=O)C1CC=CCC1. The van der Waals surface area contributed by atoms with Gasteiger partial charge in [0, 0.05) is 31.6 Å². The Balaban J connectivity index is 1.68. The van der Waals surface area contributed by atoms with E-state index in [4.69, 9.17) is 0 Å². The summed E-state index contributed by atoms with van der Waals surface area (Å²) in [6.45, 7) is 5.41. The Morgan fingerprint density at radius 1 is 1.35 bits per heavy atom. The lowest BCUT2D eigenvalue weighted by Crippen LogP contribution is -2.41. The van der Waals surface area contributed by atoms with E-state index in [9.17, 15) is 4.79 Å². The van der Waals surface area contributed by atoms with Gasteiger partial charge in [0.2, 0.25) is 5.91 Å². The maximum atomic E-state index is 12.5. The van der Waals surface area contributed by atoms with Gasteiger partial charge in [0.25, 0.3) is 0 Å². The Kier molecular flexibility index (Phi) is 2.95. The Hall–Kier alpha value is -0.830. The molecule has 3 heteroatoms. The predicted molar refractivity (Wildman–Crippen MR) is 67.5 cm³/mol. The van der Waals surface area contributed by atoms with Crippen LogP contribution in [0, 0.1) is 17.8 Å². The third-order valence-corrected chi connectivity index (χ3v) is 4.84. The fourth-order valence-electron chi connectivity index (χ4n) is 3.71. The van der Waals surface area contributed by atoms with E-state index in [1.165, 1.54) is 0 Å². The van der Waals surface area contributed by atoms with Gasteiger partial charge in [0.15, 0.2) is 0 Å². The number of fused-ring (bicyclic) bond motifs is 1. The number of carbonyl (C=O) groups excluding carboxylic acids is 1. The van der Waals surface area contributed by atoms with E-state index in [0.29, 0.717) is 23.8 Å². The molecule has 2 saturated heterocycles. The summed E-state index contributed by atoms with van der Waals surface area (Å²) < 4.78 is 0. The maximum absolute atomic E-state index is 12.5. The van der Waals surface area contributed by atoms with Gasteiger partial charge in [-0.1, -0.05) is 12.2 Å². The highest BCUT2D eigenvalue weighted by atomic mass is 16.2. The first kappa shape index (κ1) is 11.3. The fourth-order valence-corrected chi connectivity index (χ4v) is 3.71. The molecule has 3 nitrogen and oxygen atoms in total. The zero-order valence-electron chi connectivity index (χ0n) is 10.6. The summed E-state index contributed by atoms with van der Waals surface area (Å²) in [5.41, 5.74) is 0. The zero-order chi connectivity index (χ0) is 11.8. The third-order valence-electron chi connectivity index (χ3n) is 4.84. The van der Waals surface area contributed by atoms with Crippen LogP contribution in [-0.4, -0.2) is 36.5 Å². The molecule has 2 aliphatic heterocycles. The number of hydrogen-bond donors (Lipinski definition) is 1. The molecule has 2 fully saturated rings. The molecule has 0 aromatic heterocycles. The van der Waals surface area contributed by atoms with Crippen LogP contribution < -0.4 is 5.32 Å². The summed E-state index contributed by atoms with van der Waals surface area (Å²) in [5, 5.41) is 3.44. The standard InChI is InChI=1S/C14H22N2O/c1-10-13-8-15-7-12(13)9-16(10)14(17)11-5-3-2-4-6-11/h2-3,10-13,15H,4-9H2,1H3. The van der Waals surface area contributed by atoms with Crippen molar-refractivity contribution in [2.24, 2.45) is 17.8 Å². The van der Waals surface area contributed by atoms with Crippen LogP contribution in [0.5, 0.6) is 0 Å². The molecule has 4 unspecified atom stereocenters. The van der Waals surface area contributed by atoms with Gasteiger partial charge < -0.3 is 10.2 Å². The third kappa shape index (κ3) is 1.90. The molecule has 0 aromatic carbocycles. The van der Waals surface area contributed by atoms with Crippen molar-refractivity contribution in [1.29, 1.82) is 0 Å². The van der Waals surface area contributed by atoms with Crippen LogP contribution in [0.2, 0.25) is 0 Å². The van der Waals surface area contributed by atoms with E-state index in [0.717, 1.165) is 38.9 Å². The van der Waals surface area contributed by atoms with Crippen molar-refractivity contribution in [3.8, 4) is 0 Å². The zero-order valence-corrected chi connectivity index (χ0v) is 10.6. The average Bonchev–Trinajstić information content (AvgIpc) is 2.93. The Labute approximate surface area is 103 Å². The Morgan fingerprint density at radius 2 is 2.24 bits per heavy atom. The first-order chi connectivity index (χ1) is 8.27. The number of nitrogens with zero attached hydrogens (tertiary/aromatic N) is 1. The first-order valence-corrected chi connectivity index (χ1v) is 6.93. The minimum atomic E-state index is 0.259. The molecule has 0 spiro atoms. The molecular formula is C14H22N2O. The average molecular weight is 234 g/mol. The minimum absolute atomic E-state index is 0.259. The lowest BCUT2D eigenvalue weighted by atomic mass is 9.92. The number of amides is 1. The quantitative estimate of drug-likeness (QED) is 0.696. The van der Waals surface area contributed by atoms with Gasteiger partial charge in [-0.3, -0.25) is 4.79 Å². The second kappa shape index (κ2) is 4.45. The molecule has 0 saturated carbocycles. The van der Waals surface area contributed by atoms with Crippen molar-refractivity contribution in [3.63, 3.8) is 0 Å². The van der Waals surface area contributed by atoms with Crippen LogP contribution in [0.1, 0.15) is 26.2 Å². The Bertz CT molecular complexity index is 339. The molecule has 1 amide bonds. The van der Waals surface area contributed by atoms with Crippen LogP contribution in [0.25, 0.3) is 0 Å². The predicted octanol–water partition coefficient (Wildman–Crippen LogP) is 1.41. The first-order valence-electron chi connectivity index (χ1n) is 6.93. The highest BCUT2D eigenvalue weighted by Gasteiger charge is 2.44. The molecule has 3 aliphatic rings. The van der Waals surface area contributed by atoms with Gasteiger partial charge in [-0.05, 0) is 38.0 Å². The van der Waals surface area contributed by atoms with Crippen molar-refractivity contribution in [3.05, 3.63) is 12.2 Å². The molecule has 1 N–H and O–H groups in total. The number of nitrogens with one attached hydrogen (secondary N) is 1. The number of hydrogen-bond acceptors (Lipinski definition) is 2. The minimum Gasteiger partial charge on any atom is -0.339 e. The largest absolute Gasteiger partial charge is 0.339 e. The molecule has 0 radical (unpaired) electrons. The molecule has 2 heterocycles. The number of allylic oxidation sites excluding steroid dienone is 2. The highest BCUT2D eigenvalue weighted by molar-refractivity contribution is 5.80. The molecular weight excluding hydrogens is 212 g/mol. The second-order valence-corrected chi connectivity index (χ2v) is 5.79. The van der Waals surface area contributed by atoms with E-state index in [-0.39, 0.29) is 5.92 Å². The number of rotatable bonds is 1. The van der Waals surface area contributed by atoms with Crippen molar-refractivity contribution in [2.75, 3.05) is 19.6 Å². The van der Waals surface area contributed by atoms with E-state index < -0.39 is 0 Å². The number of carbonyl (C=O) groups is 1. The summed E-state index contributed by atoms with van der Waals surface area (Å²) in [6, 6.07) is 0.438. The summed E-state index contributed by atoms with van der Waals surface area (Å²) in [7, 11) is 0. The molecule has 0 bridgehead atoms. The van der Waals surface area contributed by atoms with Gasteiger partial charge in [0.05, 0.1) is 0 Å². The highest BCUT2D eigenvalue weighted by Crippen LogP contribution is 2.34. The lowest BCUT2D eigenvalue weighted by molar-refractivity contribution is -0.136. The summed E-state index contributed by atoms with van der Waals surface area (Å²) >= 11 is 0. The molecule has 94 valence electrons. The number of likely N-dealkylation sites (tertiary alicyclic amines) is 1. The maximum Gasteiger partial charge on any atom is 0.226 e. The van der Waals surface area contributed by atoms with E-state index >= 15 is 0 Å². The fraction of sp³-hybridized carbons (Fsp3) is 0.786. The van der Waals surface area contributed by atoms with Gasteiger partial charge in [-0.25, -0.2) is 0 Å². The van der Waals surface area contributed by atoms with Crippen LogP contribution in [-0.2, 0) is 4.79 Å². The Morgan fingerprint density at radius 3 is 2.94 bits per heavy atom. The molecule has 4 atom stereocenters. The summed E-state index contributed by atoms with van der Waals surface area (Å²) in [5.74, 6) is 2.07. The molecule has 3 rings (SSSR count). The molecule has 17 heavy (non-hydrogen) atoms. The van der Waals surface area contributed by atoms with Crippen molar-refractivity contribution >= 4 is 5.91 Å². The van der Waals surface area contributed by atoms with Crippen molar-refractivity contribution in [1.82, 2.24) is 10.2 Å². The van der Waals surface area contributed by atoms with Crippen molar-refractivity contribution < 1.29 is 4.79 Å². The molecule has 1 aliphatic carbocycles. The molecule has 0 aromatic rings. The van der Waals surface area contributed by atoms with E-state index in [2.05, 4.69) is 29.3 Å².